The van der Waals surface area contributed by atoms with Crippen molar-refractivity contribution < 1.29 is 22.4 Å². The summed E-state index contributed by atoms with van der Waals surface area (Å²) >= 11 is 6.37. The molecule has 0 N–H and O–H groups in total. The Hall–Kier alpha value is -2.96. The van der Waals surface area contributed by atoms with Crippen LogP contribution in [0.1, 0.15) is 16.7 Å². The van der Waals surface area contributed by atoms with Crippen LogP contribution in [-0.4, -0.2) is 102 Å². The smallest absolute Gasteiger partial charge is 0.414 e. The second kappa shape index (κ2) is 13.1. The van der Waals surface area contributed by atoms with Crippen LogP contribution >= 0.6 is 11.6 Å². The molecule has 0 spiro atoms. The van der Waals surface area contributed by atoms with Crippen molar-refractivity contribution in [1.29, 1.82) is 0 Å². The van der Waals surface area contributed by atoms with Crippen molar-refractivity contribution in [3.8, 4) is 5.75 Å². The summed E-state index contributed by atoms with van der Waals surface area (Å²) < 4.78 is 39.6. The summed E-state index contributed by atoms with van der Waals surface area (Å²) in [6.45, 7) is 3.66. The van der Waals surface area contributed by atoms with Gasteiger partial charge in [-0.25, -0.2) is 18.0 Å². The summed E-state index contributed by atoms with van der Waals surface area (Å²) in [5, 5.41) is 0.779. The van der Waals surface area contributed by atoms with Crippen LogP contribution in [0.2, 0.25) is 5.02 Å². The SMILES string of the molecule is Cc1c(Cc2cccc(S(=O)(=O)N(CCN(C)C)CCN(C)C)c2)c(=O)oc2cc(OC(=O)N(C)C)c(Cl)cc12. The van der Waals surface area contributed by atoms with Gasteiger partial charge in [-0.3, -0.25) is 0 Å². The number of fused-ring (bicyclic) bond motifs is 1. The zero-order valence-electron chi connectivity index (χ0n) is 24.0. The van der Waals surface area contributed by atoms with Gasteiger partial charge in [0.25, 0.3) is 0 Å². The molecule has 0 atom stereocenters. The first-order valence-electron chi connectivity index (χ1n) is 12.7. The van der Waals surface area contributed by atoms with Gasteiger partial charge in [0.05, 0.1) is 9.92 Å². The van der Waals surface area contributed by atoms with E-state index in [2.05, 4.69) is 0 Å². The molecular weight excluding hydrogens is 556 g/mol. The lowest BCUT2D eigenvalue weighted by Crippen LogP contribution is -2.40. The Morgan fingerprint density at radius 3 is 2.15 bits per heavy atom. The van der Waals surface area contributed by atoms with E-state index in [-0.39, 0.29) is 27.7 Å². The maximum absolute atomic E-state index is 13.6. The summed E-state index contributed by atoms with van der Waals surface area (Å²) in [6, 6.07) is 9.64. The molecular formula is C28H37ClN4O6S. The van der Waals surface area contributed by atoms with Gasteiger partial charge in [0.2, 0.25) is 10.0 Å². The highest BCUT2D eigenvalue weighted by atomic mass is 35.5. The van der Waals surface area contributed by atoms with Crippen LogP contribution in [-0.2, 0) is 16.4 Å². The Bertz CT molecular complexity index is 1520. The second-order valence-electron chi connectivity index (χ2n) is 10.4. The zero-order chi connectivity index (χ0) is 29.8. The number of nitrogens with zero attached hydrogens (tertiary/aromatic N) is 4. The van der Waals surface area contributed by atoms with Crippen molar-refractivity contribution in [2.24, 2.45) is 0 Å². The Morgan fingerprint density at radius 2 is 1.57 bits per heavy atom. The minimum absolute atomic E-state index is 0.0779. The van der Waals surface area contributed by atoms with E-state index in [0.717, 1.165) is 0 Å². The highest BCUT2D eigenvalue weighted by Gasteiger charge is 2.25. The third kappa shape index (κ3) is 7.61. The van der Waals surface area contributed by atoms with Crippen LogP contribution in [0.4, 0.5) is 4.79 Å². The first kappa shape index (κ1) is 31.6. The molecule has 1 amide bonds. The van der Waals surface area contributed by atoms with Crippen LogP contribution in [0.25, 0.3) is 11.0 Å². The topological polar surface area (TPSA) is 104 Å². The number of hydrogen-bond acceptors (Lipinski definition) is 8. The van der Waals surface area contributed by atoms with Crippen LogP contribution in [0, 0.1) is 6.92 Å². The third-order valence-corrected chi connectivity index (χ3v) is 8.60. The van der Waals surface area contributed by atoms with Crippen molar-refractivity contribution in [2.75, 3.05) is 68.5 Å². The van der Waals surface area contributed by atoms with E-state index in [1.807, 2.05) is 38.0 Å². The number of carbonyl (C=O) groups excluding carboxylic acids is 1. The molecule has 0 unspecified atom stereocenters. The molecule has 12 heteroatoms. The molecule has 0 aliphatic carbocycles. The largest absolute Gasteiger partial charge is 0.422 e. The number of amides is 1. The van der Waals surface area contributed by atoms with Crippen molar-refractivity contribution in [2.45, 2.75) is 18.2 Å². The van der Waals surface area contributed by atoms with Gasteiger partial charge in [0.1, 0.15) is 5.58 Å². The maximum Gasteiger partial charge on any atom is 0.414 e. The first-order chi connectivity index (χ1) is 18.7. The Kier molecular flexibility index (Phi) is 10.4. The average Bonchev–Trinajstić information content (AvgIpc) is 2.87. The Labute approximate surface area is 240 Å². The van der Waals surface area contributed by atoms with E-state index in [1.54, 1.807) is 51.4 Å². The molecule has 0 aliphatic rings. The number of carbonyl (C=O) groups is 1. The van der Waals surface area contributed by atoms with Crippen LogP contribution in [0.15, 0.2) is 50.5 Å². The average molecular weight is 593 g/mol. The molecule has 0 saturated carbocycles. The molecule has 1 aromatic heterocycles. The molecule has 0 bridgehead atoms. The minimum Gasteiger partial charge on any atom is -0.422 e. The summed E-state index contributed by atoms with van der Waals surface area (Å²) in [7, 11) is 6.92. The fourth-order valence-electron chi connectivity index (χ4n) is 4.00. The highest BCUT2D eigenvalue weighted by molar-refractivity contribution is 7.89. The van der Waals surface area contributed by atoms with E-state index in [4.69, 9.17) is 20.8 Å². The molecule has 10 nitrogen and oxygen atoms in total. The number of likely N-dealkylation sites (N-methyl/N-ethyl adjacent to an activating group) is 2. The van der Waals surface area contributed by atoms with E-state index >= 15 is 0 Å². The summed E-state index contributed by atoms with van der Waals surface area (Å²) in [5.74, 6) is 0.0779. The van der Waals surface area contributed by atoms with Gasteiger partial charge in [-0.05, 0) is 64.4 Å². The third-order valence-electron chi connectivity index (χ3n) is 6.41. The monoisotopic (exact) mass is 592 g/mol. The number of halogens is 1. The fraction of sp³-hybridized carbons (Fsp3) is 0.429. The van der Waals surface area contributed by atoms with E-state index in [0.29, 0.717) is 48.3 Å². The van der Waals surface area contributed by atoms with Crippen molar-refractivity contribution in [3.05, 3.63) is 68.5 Å². The molecule has 0 aliphatic heterocycles. The normalized spacial score (nSPS) is 12.1. The molecule has 218 valence electrons. The van der Waals surface area contributed by atoms with Crippen molar-refractivity contribution in [3.63, 3.8) is 0 Å². The summed E-state index contributed by atoms with van der Waals surface area (Å²) in [5.41, 5.74) is 1.34. The molecule has 0 radical (unpaired) electrons. The lowest BCUT2D eigenvalue weighted by atomic mass is 9.99. The molecule has 1 heterocycles. The van der Waals surface area contributed by atoms with Crippen molar-refractivity contribution in [1.82, 2.24) is 19.0 Å². The molecule has 0 saturated heterocycles. The number of sulfonamides is 1. The number of rotatable bonds is 11. The van der Waals surface area contributed by atoms with E-state index in [9.17, 15) is 18.0 Å². The second-order valence-corrected chi connectivity index (χ2v) is 12.7. The zero-order valence-corrected chi connectivity index (χ0v) is 25.6. The van der Waals surface area contributed by atoms with Gasteiger partial charge in [-0.2, -0.15) is 4.31 Å². The van der Waals surface area contributed by atoms with Crippen LogP contribution < -0.4 is 10.4 Å². The quantitative estimate of drug-likeness (QED) is 0.312. The molecule has 40 heavy (non-hydrogen) atoms. The number of benzene rings is 2. The molecule has 3 rings (SSSR count). The summed E-state index contributed by atoms with van der Waals surface area (Å²) in [4.78, 5) is 30.3. The maximum atomic E-state index is 13.6. The Balaban J connectivity index is 1.96. The van der Waals surface area contributed by atoms with Gasteiger partial charge in [0.15, 0.2) is 5.75 Å². The predicted molar refractivity (Wildman–Crippen MR) is 157 cm³/mol. The van der Waals surface area contributed by atoms with Crippen LogP contribution in [0.5, 0.6) is 5.75 Å². The number of hydrogen-bond donors (Lipinski definition) is 0. The van der Waals surface area contributed by atoms with Gasteiger partial charge in [0, 0.05) is 63.7 Å². The van der Waals surface area contributed by atoms with Gasteiger partial charge in [-0.15, -0.1) is 0 Å². The van der Waals surface area contributed by atoms with E-state index in [1.165, 1.54) is 15.3 Å². The number of ether oxygens (including phenoxy) is 1. The fourth-order valence-corrected chi connectivity index (χ4v) is 5.70. The van der Waals surface area contributed by atoms with Gasteiger partial charge < -0.3 is 23.9 Å². The van der Waals surface area contributed by atoms with E-state index < -0.39 is 21.7 Å². The predicted octanol–water partition coefficient (Wildman–Crippen LogP) is 3.52. The highest BCUT2D eigenvalue weighted by Crippen LogP contribution is 2.32. The molecule has 2 aromatic carbocycles. The molecule has 3 aromatic rings. The summed E-state index contributed by atoms with van der Waals surface area (Å²) in [6.07, 6.45) is -0.452. The molecule has 0 fully saturated rings. The minimum atomic E-state index is -3.77. The lowest BCUT2D eigenvalue weighted by Gasteiger charge is -2.25. The number of aryl methyl sites for hydroxylation is 1. The first-order valence-corrected chi connectivity index (χ1v) is 14.6. The van der Waals surface area contributed by atoms with Gasteiger partial charge in [-0.1, -0.05) is 23.7 Å². The lowest BCUT2D eigenvalue weighted by molar-refractivity contribution is 0.172. The van der Waals surface area contributed by atoms with Gasteiger partial charge >= 0.3 is 11.7 Å². The standard InChI is InChI=1S/C28H37ClN4O6S/c1-19-22-17-24(29)26(39-28(35)32(6)7)18-25(22)38-27(34)23(19)16-20-9-8-10-21(15-20)40(36,37)33(13-11-30(2)3)14-12-31(4)5/h8-10,15,17-18H,11-14,16H2,1-7H3. The van der Waals surface area contributed by atoms with Crippen LogP contribution in [0.3, 0.4) is 0 Å². The Morgan fingerprint density at radius 1 is 0.950 bits per heavy atom. The van der Waals surface area contributed by atoms with Crippen molar-refractivity contribution >= 4 is 38.7 Å².